The lowest BCUT2D eigenvalue weighted by Crippen LogP contribution is -2.31. The second kappa shape index (κ2) is 3.29. The Morgan fingerprint density at radius 1 is 1.46 bits per heavy atom. The summed E-state index contributed by atoms with van der Waals surface area (Å²) in [7, 11) is 0. The van der Waals surface area contributed by atoms with Gasteiger partial charge in [-0.05, 0) is 30.0 Å². The summed E-state index contributed by atoms with van der Waals surface area (Å²) in [5, 5.41) is 10.2. The number of fused-ring (bicyclic) bond motifs is 1. The third-order valence-corrected chi connectivity index (χ3v) is 2.93. The molecule has 2 atom stereocenters. The van der Waals surface area contributed by atoms with Crippen molar-refractivity contribution in [3.05, 3.63) is 34.3 Å². The molecular formula is C10H12ClNO. The van der Waals surface area contributed by atoms with Crippen molar-refractivity contribution >= 4 is 11.6 Å². The average Bonchev–Trinajstić information content (AvgIpc) is 2.12. The summed E-state index contributed by atoms with van der Waals surface area (Å²) in [5.41, 5.74) is 7.95. The van der Waals surface area contributed by atoms with Crippen LogP contribution in [0, 0.1) is 0 Å². The van der Waals surface area contributed by atoms with Gasteiger partial charge in [0.25, 0.3) is 0 Å². The van der Waals surface area contributed by atoms with E-state index in [-0.39, 0.29) is 6.04 Å². The number of nitrogens with two attached hydrogens (primary N) is 1. The lowest BCUT2D eigenvalue weighted by molar-refractivity contribution is 0.128. The van der Waals surface area contributed by atoms with Crippen molar-refractivity contribution in [2.75, 3.05) is 0 Å². The second-order valence-electron chi connectivity index (χ2n) is 3.44. The molecule has 13 heavy (non-hydrogen) atoms. The number of aryl methyl sites for hydroxylation is 1. The number of rotatable bonds is 0. The second-order valence-corrected chi connectivity index (χ2v) is 3.85. The highest BCUT2D eigenvalue weighted by Gasteiger charge is 2.26. The third-order valence-electron chi connectivity index (χ3n) is 2.60. The normalized spacial score (nSPS) is 27.0. The standard InChI is InChI=1S/C10H12ClNO/c11-7-3-1-2-6-4-5-8(13)10(12)9(6)7/h1-3,8,10,13H,4-5,12H2/t8-,10+/m0/s1. The number of aliphatic hydroxyl groups is 1. The Labute approximate surface area is 82.3 Å². The van der Waals surface area contributed by atoms with Crippen molar-refractivity contribution in [1.82, 2.24) is 0 Å². The van der Waals surface area contributed by atoms with E-state index >= 15 is 0 Å². The van der Waals surface area contributed by atoms with Crippen molar-refractivity contribution in [2.24, 2.45) is 5.73 Å². The quantitative estimate of drug-likeness (QED) is 0.665. The fraction of sp³-hybridized carbons (Fsp3) is 0.400. The van der Waals surface area contributed by atoms with Crippen LogP contribution in [0.3, 0.4) is 0 Å². The van der Waals surface area contributed by atoms with Crippen molar-refractivity contribution in [3.8, 4) is 0 Å². The number of aliphatic hydroxyl groups excluding tert-OH is 1. The van der Waals surface area contributed by atoms with Crippen LogP contribution >= 0.6 is 11.6 Å². The van der Waals surface area contributed by atoms with Crippen LogP contribution < -0.4 is 5.73 Å². The smallest absolute Gasteiger partial charge is 0.0736 e. The molecule has 3 heteroatoms. The largest absolute Gasteiger partial charge is 0.391 e. The predicted molar refractivity (Wildman–Crippen MR) is 52.7 cm³/mol. The molecule has 1 aromatic rings. The van der Waals surface area contributed by atoms with E-state index in [1.807, 2.05) is 18.2 Å². The molecule has 0 spiro atoms. The van der Waals surface area contributed by atoms with Crippen LogP contribution in [0.15, 0.2) is 18.2 Å². The van der Waals surface area contributed by atoms with Crippen molar-refractivity contribution < 1.29 is 5.11 Å². The van der Waals surface area contributed by atoms with Crippen LogP contribution in [0.1, 0.15) is 23.6 Å². The number of benzene rings is 1. The lowest BCUT2D eigenvalue weighted by atomic mass is 9.86. The molecule has 0 aliphatic heterocycles. The maximum absolute atomic E-state index is 9.57. The third kappa shape index (κ3) is 1.46. The van der Waals surface area contributed by atoms with Gasteiger partial charge in [0.2, 0.25) is 0 Å². The molecule has 0 aromatic heterocycles. The van der Waals surface area contributed by atoms with Crippen molar-refractivity contribution in [2.45, 2.75) is 25.0 Å². The van der Waals surface area contributed by atoms with E-state index in [1.165, 1.54) is 5.56 Å². The minimum absolute atomic E-state index is 0.322. The summed E-state index contributed by atoms with van der Waals surface area (Å²) in [6.45, 7) is 0. The number of hydrogen-bond acceptors (Lipinski definition) is 2. The summed E-state index contributed by atoms with van der Waals surface area (Å²) in [4.78, 5) is 0. The van der Waals surface area contributed by atoms with Crippen LogP contribution in [0.4, 0.5) is 0 Å². The zero-order chi connectivity index (χ0) is 9.42. The fourth-order valence-electron chi connectivity index (χ4n) is 1.85. The van der Waals surface area contributed by atoms with Gasteiger partial charge in [-0.25, -0.2) is 0 Å². The van der Waals surface area contributed by atoms with Gasteiger partial charge in [-0.2, -0.15) is 0 Å². The van der Waals surface area contributed by atoms with Crippen LogP contribution in [-0.2, 0) is 6.42 Å². The summed E-state index contributed by atoms with van der Waals surface area (Å²) in [6, 6.07) is 5.44. The van der Waals surface area contributed by atoms with Gasteiger partial charge in [0.05, 0.1) is 12.1 Å². The zero-order valence-electron chi connectivity index (χ0n) is 7.20. The first-order chi connectivity index (χ1) is 6.20. The number of hydrogen-bond donors (Lipinski definition) is 2. The van der Waals surface area contributed by atoms with Gasteiger partial charge in [0, 0.05) is 5.02 Å². The Bertz CT molecular complexity index is 327. The van der Waals surface area contributed by atoms with Crippen LogP contribution in [-0.4, -0.2) is 11.2 Å². The van der Waals surface area contributed by atoms with Crippen LogP contribution in [0.25, 0.3) is 0 Å². The highest BCUT2D eigenvalue weighted by Crippen LogP contribution is 2.33. The molecule has 0 fully saturated rings. The predicted octanol–water partition coefficient (Wildman–Crippen LogP) is 1.65. The van der Waals surface area contributed by atoms with Gasteiger partial charge in [0.15, 0.2) is 0 Å². The van der Waals surface area contributed by atoms with Gasteiger partial charge < -0.3 is 10.8 Å². The molecule has 3 N–H and O–H groups in total. The van der Waals surface area contributed by atoms with Gasteiger partial charge >= 0.3 is 0 Å². The maximum atomic E-state index is 9.57. The summed E-state index contributed by atoms with van der Waals surface area (Å²) in [5.74, 6) is 0. The maximum Gasteiger partial charge on any atom is 0.0736 e. The van der Waals surface area contributed by atoms with Crippen LogP contribution in [0.5, 0.6) is 0 Å². The van der Waals surface area contributed by atoms with Crippen LogP contribution in [0.2, 0.25) is 5.02 Å². The van der Waals surface area contributed by atoms with Gasteiger partial charge in [-0.15, -0.1) is 0 Å². The lowest BCUT2D eigenvalue weighted by Gasteiger charge is -2.28. The molecule has 1 aliphatic rings. The SMILES string of the molecule is N[C@H]1c2c(Cl)cccc2CC[C@@H]1O. The van der Waals surface area contributed by atoms with Gasteiger partial charge in [0.1, 0.15) is 0 Å². The molecule has 0 saturated carbocycles. The summed E-state index contributed by atoms with van der Waals surface area (Å²) < 4.78 is 0. The monoisotopic (exact) mass is 197 g/mol. The Balaban J connectivity index is 2.51. The topological polar surface area (TPSA) is 46.2 Å². The van der Waals surface area contributed by atoms with Crippen molar-refractivity contribution in [1.29, 1.82) is 0 Å². The zero-order valence-corrected chi connectivity index (χ0v) is 7.96. The highest BCUT2D eigenvalue weighted by atomic mass is 35.5. The molecule has 70 valence electrons. The Morgan fingerprint density at radius 2 is 2.23 bits per heavy atom. The molecule has 2 nitrogen and oxygen atoms in total. The van der Waals surface area contributed by atoms with E-state index in [1.54, 1.807) is 0 Å². The first-order valence-corrected chi connectivity index (χ1v) is 4.79. The van der Waals surface area contributed by atoms with Gasteiger partial charge in [-0.1, -0.05) is 23.7 Å². The molecule has 1 aromatic carbocycles. The van der Waals surface area contributed by atoms with E-state index in [0.29, 0.717) is 5.02 Å². The first kappa shape index (κ1) is 9.00. The molecule has 0 bridgehead atoms. The highest BCUT2D eigenvalue weighted by molar-refractivity contribution is 6.31. The molecule has 0 amide bonds. The fourth-order valence-corrected chi connectivity index (χ4v) is 2.17. The minimum Gasteiger partial charge on any atom is -0.391 e. The van der Waals surface area contributed by atoms with Crippen molar-refractivity contribution in [3.63, 3.8) is 0 Å². The summed E-state index contributed by atoms with van der Waals surface area (Å²) >= 11 is 6.01. The number of halogens is 1. The minimum atomic E-state index is -0.451. The first-order valence-electron chi connectivity index (χ1n) is 4.41. The van der Waals surface area contributed by atoms with E-state index in [2.05, 4.69) is 0 Å². The molecule has 0 saturated heterocycles. The van der Waals surface area contributed by atoms with E-state index in [4.69, 9.17) is 17.3 Å². The Kier molecular flexibility index (Phi) is 2.28. The molecule has 2 rings (SSSR count). The molecule has 0 radical (unpaired) electrons. The van der Waals surface area contributed by atoms with E-state index in [9.17, 15) is 5.11 Å². The molecule has 1 aliphatic carbocycles. The Hall–Kier alpha value is -0.570. The summed E-state index contributed by atoms with van der Waals surface area (Å²) in [6.07, 6.45) is 1.15. The molecular weight excluding hydrogens is 186 g/mol. The Morgan fingerprint density at radius 3 is 3.00 bits per heavy atom. The van der Waals surface area contributed by atoms with Gasteiger partial charge in [-0.3, -0.25) is 0 Å². The molecule has 0 heterocycles. The van der Waals surface area contributed by atoms with E-state index < -0.39 is 6.10 Å². The average molecular weight is 198 g/mol. The van der Waals surface area contributed by atoms with E-state index in [0.717, 1.165) is 18.4 Å². The molecule has 0 unspecified atom stereocenters.